The van der Waals surface area contributed by atoms with Crippen LogP contribution in [0.2, 0.25) is 5.15 Å². The van der Waals surface area contributed by atoms with Crippen molar-refractivity contribution < 1.29 is 19.8 Å². The van der Waals surface area contributed by atoms with Gasteiger partial charge in [-0.2, -0.15) is 0 Å². The molecule has 4 aromatic rings. The molecule has 2 heterocycles. The predicted octanol–water partition coefficient (Wildman–Crippen LogP) is 7.96. The molecule has 39 heavy (non-hydrogen) atoms. The molecule has 2 aromatic heterocycles. The minimum absolute atomic E-state index is 0.232. The Balaban J connectivity index is 2.00. The van der Waals surface area contributed by atoms with Crippen LogP contribution < -0.4 is 0 Å². The second-order valence-electron chi connectivity index (χ2n) is 11.4. The minimum Gasteiger partial charge on any atom is -0.464 e. The van der Waals surface area contributed by atoms with Gasteiger partial charge in [0.15, 0.2) is 5.15 Å². The first-order chi connectivity index (χ1) is 18.2. The van der Waals surface area contributed by atoms with E-state index in [2.05, 4.69) is 4.98 Å². The number of amides is 2. The lowest BCUT2D eigenvalue weighted by atomic mass is 9.56. The first-order valence-electron chi connectivity index (χ1n) is 12.4. The molecule has 0 aliphatic heterocycles. The molecule has 0 radical (unpaired) electrons. The molecule has 0 unspecified atom stereocenters. The average molecular weight is 547 g/mol. The number of fused-ring (bicyclic) bond motifs is 1. The zero-order valence-corrected chi connectivity index (χ0v) is 23.5. The first-order valence-corrected chi connectivity index (χ1v) is 12.8. The molecule has 8 nitrogen and oxygen atoms in total. The summed E-state index contributed by atoms with van der Waals surface area (Å²) in [4.78, 5) is 39.2. The molecular formula is C30H31ClN4O4. The highest BCUT2D eigenvalue weighted by Gasteiger charge is 2.60. The average Bonchev–Trinajstić information content (AvgIpc) is 2.85. The largest absolute Gasteiger partial charge is 0.464 e. The molecule has 0 bridgehead atoms. The number of benzene rings is 2. The van der Waals surface area contributed by atoms with E-state index in [-0.39, 0.29) is 5.15 Å². The summed E-state index contributed by atoms with van der Waals surface area (Å²) in [6, 6.07) is 18.6. The Kier molecular flexibility index (Phi) is 7.12. The van der Waals surface area contributed by atoms with Gasteiger partial charge in [-0.15, -0.1) is 0 Å². The van der Waals surface area contributed by atoms with Crippen LogP contribution in [0.1, 0.15) is 47.1 Å². The van der Waals surface area contributed by atoms with Gasteiger partial charge in [0.2, 0.25) is 0 Å². The number of aromatic nitrogens is 3. The second-order valence-corrected chi connectivity index (χ2v) is 11.8. The van der Waals surface area contributed by atoms with Crippen LogP contribution in [0.15, 0.2) is 66.9 Å². The molecule has 0 fully saturated rings. The number of carboxylic acid groups (broad SMARTS) is 2. The zero-order chi connectivity index (χ0) is 28.8. The van der Waals surface area contributed by atoms with Gasteiger partial charge in [-0.1, -0.05) is 108 Å². The van der Waals surface area contributed by atoms with Gasteiger partial charge in [0.05, 0.1) is 22.4 Å². The Morgan fingerprint density at radius 1 is 0.744 bits per heavy atom. The molecule has 2 N–H and O–H groups in total. The number of halogens is 1. The topological polar surface area (TPSA) is 117 Å². The molecule has 9 heteroatoms. The van der Waals surface area contributed by atoms with Crippen LogP contribution in [0.25, 0.3) is 33.5 Å². The summed E-state index contributed by atoms with van der Waals surface area (Å²) in [7, 11) is 0. The van der Waals surface area contributed by atoms with E-state index in [0.717, 1.165) is 5.56 Å². The zero-order valence-electron chi connectivity index (χ0n) is 22.7. The smallest absolute Gasteiger partial charge is 0.417 e. The summed E-state index contributed by atoms with van der Waals surface area (Å²) in [5, 5.41) is 20.4. The molecular weight excluding hydrogens is 516 g/mol. The van der Waals surface area contributed by atoms with E-state index in [4.69, 9.17) is 21.6 Å². The van der Waals surface area contributed by atoms with Crippen LogP contribution in [0, 0.1) is 10.8 Å². The predicted molar refractivity (Wildman–Crippen MR) is 152 cm³/mol. The number of hydrogen-bond acceptors (Lipinski definition) is 5. The van der Waals surface area contributed by atoms with Crippen LogP contribution >= 0.6 is 11.6 Å². The van der Waals surface area contributed by atoms with Crippen LogP contribution in [0.4, 0.5) is 9.59 Å². The number of nitrogens with zero attached hydrogens (tertiary/aromatic N) is 4. The third kappa shape index (κ3) is 4.69. The maximum absolute atomic E-state index is 12.4. The summed E-state index contributed by atoms with van der Waals surface area (Å²) >= 11 is 6.36. The number of pyridine rings is 1. The molecule has 0 saturated heterocycles. The fourth-order valence-electron chi connectivity index (χ4n) is 5.98. The molecule has 4 rings (SSSR count). The van der Waals surface area contributed by atoms with E-state index in [0.29, 0.717) is 38.4 Å². The van der Waals surface area contributed by atoms with E-state index in [1.807, 2.05) is 84.0 Å². The van der Waals surface area contributed by atoms with Gasteiger partial charge >= 0.3 is 12.2 Å². The number of rotatable bonds is 4. The quantitative estimate of drug-likeness (QED) is 0.249. The van der Waals surface area contributed by atoms with Gasteiger partial charge in [0.1, 0.15) is 5.52 Å². The molecule has 2 amide bonds. The molecule has 0 saturated carbocycles. The van der Waals surface area contributed by atoms with Crippen molar-refractivity contribution >= 4 is 34.8 Å². The molecule has 0 aliphatic carbocycles. The summed E-state index contributed by atoms with van der Waals surface area (Å²) in [6.45, 7) is 11.1. The molecule has 0 spiro atoms. The summed E-state index contributed by atoms with van der Waals surface area (Å²) in [6.07, 6.45) is -1.49. The summed E-state index contributed by atoms with van der Waals surface area (Å²) < 4.78 is 0. The van der Waals surface area contributed by atoms with Crippen molar-refractivity contribution in [1.29, 1.82) is 0 Å². The fraction of sp³-hybridized carbons (Fsp3) is 0.300. The van der Waals surface area contributed by atoms with Crippen molar-refractivity contribution in [2.45, 2.75) is 47.1 Å². The molecule has 0 atom stereocenters. The van der Waals surface area contributed by atoms with E-state index < -0.39 is 28.6 Å². The Bertz CT molecular complexity index is 1510. The third-order valence-corrected chi connectivity index (χ3v) is 7.33. The minimum atomic E-state index is -1.54. The van der Waals surface area contributed by atoms with Crippen LogP contribution in [0.5, 0.6) is 0 Å². The SMILES string of the molecule is CC(C)(C)C(c1ccc(-c2nc3c(Cl)nccc3nc2-c2ccccc2)cc1)(N(C(=O)O)C(=O)O)C(C)(C)C. The Labute approximate surface area is 232 Å². The highest BCUT2D eigenvalue weighted by Crippen LogP contribution is 2.55. The lowest BCUT2D eigenvalue weighted by Gasteiger charge is -2.56. The Hall–Kier alpha value is -4.04. The van der Waals surface area contributed by atoms with Crippen molar-refractivity contribution in [2.24, 2.45) is 10.8 Å². The van der Waals surface area contributed by atoms with Crippen molar-refractivity contribution in [2.75, 3.05) is 0 Å². The first kappa shape index (κ1) is 28.0. The van der Waals surface area contributed by atoms with E-state index in [9.17, 15) is 19.8 Å². The second kappa shape index (κ2) is 9.93. The van der Waals surface area contributed by atoms with Crippen molar-refractivity contribution in [3.63, 3.8) is 0 Å². The lowest BCUT2D eigenvalue weighted by Crippen LogP contribution is -2.64. The van der Waals surface area contributed by atoms with Crippen LogP contribution in [-0.4, -0.2) is 42.3 Å². The van der Waals surface area contributed by atoms with Crippen LogP contribution in [-0.2, 0) is 5.54 Å². The molecule has 202 valence electrons. The molecule has 0 aliphatic rings. The van der Waals surface area contributed by atoms with E-state index >= 15 is 0 Å². The van der Waals surface area contributed by atoms with Crippen LogP contribution in [0.3, 0.4) is 0 Å². The maximum Gasteiger partial charge on any atom is 0.417 e. The van der Waals surface area contributed by atoms with Gasteiger partial charge in [-0.3, -0.25) is 0 Å². The van der Waals surface area contributed by atoms with Crippen molar-refractivity contribution in [3.05, 3.63) is 77.6 Å². The Morgan fingerprint density at radius 2 is 1.26 bits per heavy atom. The maximum atomic E-state index is 12.4. The highest BCUT2D eigenvalue weighted by molar-refractivity contribution is 6.33. The van der Waals surface area contributed by atoms with Gasteiger partial charge in [0.25, 0.3) is 0 Å². The van der Waals surface area contributed by atoms with Crippen molar-refractivity contribution in [1.82, 2.24) is 19.9 Å². The van der Waals surface area contributed by atoms with Crippen molar-refractivity contribution in [3.8, 4) is 22.5 Å². The van der Waals surface area contributed by atoms with Gasteiger partial charge in [0, 0.05) is 17.3 Å². The summed E-state index contributed by atoms with van der Waals surface area (Å²) in [5.74, 6) is 0. The molecule has 2 aromatic carbocycles. The van der Waals surface area contributed by atoms with E-state index in [1.165, 1.54) is 0 Å². The number of hydrogen-bond donors (Lipinski definition) is 2. The van der Waals surface area contributed by atoms with Gasteiger partial charge < -0.3 is 10.2 Å². The third-order valence-electron chi connectivity index (χ3n) is 7.05. The highest BCUT2D eigenvalue weighted by atomic mass is 35.5. The van der Waals surface area contributed by atoms with Gasteiger partial charge in [-0.05, 0) is 22.5 Å². The summed E-state index contributed by atoms with van der Waals surface area (Å²) in [5.41, 5.74) is 1.36. The van der Waals surface area contributed by atoms with Gasteiger partial charge in [-0.25, -0.2) is 29.4 Å². The number of imide groups is 1. The standard InChI is InChI=1S/C30H31ClN4O4/c1-28(2,3)30(29(4,5)6,35(26(36)37)27(38)39)20-14-12-19(13-15-20)23-22(18-10-8-7-9-11-18)33-21-16-17-32-25(31)24(21)34-23/h7-17H,1-6H3,(H,36,37)(H,38,39). The fourth-order valence-corrected chi connectivity index (χ4v) is 6.17. The van der Waals surface area contributed by atoms with E-state index in [1.54, 1.807) is 24.4 Å². The monoisotopic (exact) mass is 546 g/mol. The Morgan fingerprint density at radius 3 is 1.77 bits per heavy atom. The number of carbonyl (C=O) groups is 2. The lowest BCUT2D eigenvalue weighted by molar-refractivity contribution is -0.0664. The normalized spacial score (nSPS) is 12.4.